The van der Waals surface area contributed by atoms with Crippen LogP contribution in [0.3, 0.4) is 0 Å². The van der Waals surface area contributed by atoms with E-state index in [2.05, 4.69) is 11.5 Å². The molecular weight excluding hydrogens is 324 g/mol. The summed E-state index contributed by atoms with van der Waals surface area (Å²) in [5.74, 6) is 0.488. The first-order valence-electron chi connectivity index (χ1n) is 9.84. The largest absolute Gasteiger partial charge is 0.508 e. The summed E-state index contributed by atoms with van der Waals surface area (Å²) < 4.78 is 2.33. The van der Waals surface area contributed by atoms with Gasteiger partial charge in [-0.3, -0.25) is 4.79 Å². The molecule has 0 radical (unpaired) electrons. The number of rotatable bonds is 6. The Morgan fingerprint density at radius 2 is 2.00 bits per heavy atom. The van der Waals surface area contributed by atoms with Gasteiger partial charge in [-0.25, -0.2) is 0 Å². The van der Waals surface area contributed by atoms with E-state index in [-0.39, 0.29) is 11.7 Å². The summed E-state index contributed by atoms with van der Waals surface area (Å²) in [6, 6.07) is 7.15. The van der Waals surface area contributed by atoms with Gasteiger partial charge in [-0.15, -0.1) is 0 Å². The zero-order valence-corrected chi connectivity index (χ0v) is 15.9. The van der Waals surface area contributed by atoms with Crippen LogP contribution in [0.15, 0.2) is 24.3 Å². The molecule has 140 valence electrons. The Bertz CT molecular complexity index is 786. The van der Waals surface area contributed by atoms with Gasteiger partial charge >= 0.3 is 0 Å². The molecule has 3 N–H and O–H groups in total. The highest BCUT2D eigenvalue weighted by atomic mass is 16.3. The summed E-state index contributed by atoms with van der Waals surface area (Å²) in [7, 11) is 0. The van der Waals surface area contributed by atoms with Crippen LogP contribution < -0.4 is 5.73 Å². The Hall–Kier alpha value is -2.23. The number of hydrogen-bond donors (Lipinski definition) is 2. The number of carbonyl (C=O) groups excluding carboxylic acids is 1. The molecule has 0 unspecified atom stereocenters. The van der Waals surface area contributed by atoms with Crippen LogP contribution in [0.4, 0.5) is 0 Å². The minimum atomic E-state index is -0.388. The van der Waals surface area contributed by atoms with Crippen molar-refractivity contribution in [1.29, 1.82) is 0 Å². The maximum absolute atomic E-state index is 12.3. The van der Waals surface area contributed by atoms with E-state index in [1.54, 1.807) is 12.1 Å². The number of phenols is 1. The van der Waals surface area contributed by atoms with Gasteiger partial charge in [0.15, 0.2) is 0 Å². The molecule has 4 heteroatoms. The zero-order chi connectivity index (χ0) is 18.7. The molecule has 1 aromatic carbocycles. The molecule has 1 saturated carbocycles. The second kappa shape index (κ2) is 7.98. The first kappa shape index (κ1) is 18.6. The second-order valence-electron chi connectivity index (χ2n) is 7.56. The summed E-state index contributed by atoms with van der Waals surface area (Å²) in [6.07, 6.45) is 8.35. The fourth-order valence-electron chi connectivity index (χ4n) is 4.44. The van der Waals surface area contributed by atoms with Crippen molar-refractivity contribution in [3.05, 3.63) is 41.2 Å². The number of nitrogens with two attached hydrogens (primary N) is 1. The van der Waals surface area contributed by atoms with Gasteiger partial charge < -0.3 is 15.4 Å². The van der Waals surface area contributed by atoms with Crippen LogP contribution in [0.1, 0.15) is 67.2 Å². The number of primary amides is 1. The summed E-state index contributed by atoms with van der Waals surface area (Å²) in [5, 5.41) is 9.94. The third-order valence-electron chi connectivity index (χ3n) is 5.66. The summed E-state index contributed by atoms with van der Waals surface area (Å²) in [5.41, 5.74) is 10.3. The molecule has 0 aliphatic heterocycles. The minimum Gasteiger partial charge on any atom is -0.508 e. The number of benzene rings is 1. The first-order chi connectivity index (χ1) is 12.5. The number of carbonyl (C=O) groups is 1. The molecular formula is C22H30N2O2. The minimum absolute atomic E-state index is 0.207. The highest BCUT2D eigenvalue weighted by Crippen LogP contribution is 2.36. The molecule has 1 fully saturated rings. The molecule has 1 aliphatic rings. The van der Waals surface area contributed by atoms with Crippen molar-refractivity contribution in [2.75, 3.05) is 0 Å². The molecule has 26 heavy (non-hydrogen) atoms. The van der Waals surface area contributed by atoms with E-state index in [0.717, 1.165) is 36.2 Å². The SMILES string of the molecule is CCCc1c(-c2cccc(O)c2)c(C(N)=O)c(C)n1CC1CCCCC1. The van der Waals surface area contributed by atoms with Crippen molar-refractivity contribution in [2.24, 2.45) is 11.7 Å². The molecule has 1 aliphatic carbocycles. The topological polar surface area (TPSA) is 68.2 Å². The van der Waals surface area contributed by atoms with Crippen molar-refractivity contribution in [3.63, 3.8) is 0 Å². The molecule has 1 heterocycles. The van der Waals surface area contributed by atoms with Gasteiger partial charge in [0.25, 0.3) is 5.91 Å². The molecule has 0 saturated heterocycles. The highest BCUT2D eigenvalue weighted by molar-refractivity contribution is 6.02. The normalized spacial score (nSPS) is 15.3. The molecule has 3 rings (SSSR count). The van der Waals surface area contributed by atoms with E-state index < -0.39 is 0 Å². The average Bonchev–Trinajstić information content (AvgIpc) is 2.89. The van der Waals surface area contributed by atoms with Crippen molar-refractivity contribution >= 4 is 5.91 Å². The lowest BCUT2D eigenvalue weighted by Gasteiger charge is -2.24. The Labute approximate surface area is 156 Å². The predicted octanol–water partition coefficient (Wildman–Crippen LogP) is 4.80. The highest BCUT2D eigenvalue weighted by Gasteiger charge is 2.26. The smallest absolute Gasteiger partial charge is 0.251 e. The van der Waals surface area contributed by atoms with Crippen molar-refractivity contribution in [1.82, 2.24) is 4.57 Å². The fourth-order valence-corrected chi connectivity index (χ4v) is 4.44. The number of aromatic nitrogens is 1. The van der Waals surface area contributed by atoms with E-state index in [9.17, 15) is 9.90 Å². The standard InChI is InChI=1S/C22H30N2O2/c1-3-8-19-21(17-11-7-12-18(25)13-17)20(22(23)26)15(2)24(19)14-16-9-5-4-6-10-16/h7,11-13,16,25H,3-6,8-10,14H2,1-2H3,(H2,23,26). The molecule has 0 atom stereocenters. The van der Waals surface area contributed by atoms with Gasteiger partial charge in [0.2, 0.25) is 0 Å². The lowest BCUT2D eigenvalue weighted by atomic mass is 9.89. The van der Waals surface area contributed by atoms with Gasteiger partial charge in [0.1, 0.15) is 5.75 Å². The summed E-state index contributed by atoms with van der Waals surface area (Å²) >= 11 is 0. The summed E-state index contributed by atoms with van der Waals surface area (Å²) in [6.45, 7) is 5.12. The number of nitrogens with zero attached hydrogens (tertiary/aromatic N) is 1. The van der Waals surface area contributed by atoms with E-state index in [0.29, 0.717) is 11.5 Å². The van der Waals surface area contributed by atoms with E-state index in [1.807, 2.05) is 19.1 Å². The molecule has 1 amide bonds. The van der Waals surface area contributed by atoms with E-state index in [4.69, 9.17) is 5.73 Å². The van der Waals surface area contributed by atoms with Crippen LogP contribution in [-0.4, -0.2) is 15.6 Å². The van der Waals surface area contributed by atoms with Gasteiger partial charge in [-0.1, -0.05) is 44.7 Å². The second-order valence-corrected chi connectivity index (χ2v) is 7.56. The Morgan fingerprint density at radius 3 is 2.62 bits per heavy atom. The van der Waals surface area contributed by atoms with Crippen molar-refractivity contribution < 1.29 is 9.90 Å². The monoisotopic (exact) mass is 354 g/mol. The molecule has 0 spiro atoms. The predicted molar refractivity (Wildman–Crippen MR) is 105 cm³/mol. The molecule has 4 nitrogen and oxygen atoms in total. The Kier molecular flexibility index (Phi) is 5.70. The maximum Gasteiger partial charge on any atom is 0.251 e. The number of hydrogen-bond acceptors (Lipinski definition) is 2. The Balaban J connectivity index is 2.14. The summed E-state index contributed by atoms with van der Waals surface area (Å²) in [4.78, 5) is 12.3. The van der Waals surface area contributed by atoms with Crippen LogP contribution in [-0.2, 0) is 13.0 Å². The fraction of sp³-hybridized carbons (Fsp3) is 0.500. The van der Waals surface area contributed by atoms with Crippen molar-refractivity contribution in [2.45, 2.75) is 65.3 Å². The lowest BCUT2D eigenvalue weighted by Crippen LogP contribution is -2.18. The third kappa shape index (κ3) is 3.64. The van der Waals surface area contributed by atoms with Crippen LogP contribution in [0.5, 0.6) is 5.75 Å². The Morgan fingerprint density at radius 1 is 1.27 bits per heavy atom. The van der Waals surface area contributed by atoms with Crippen LogP contribution in [0.25, 0.3) is 11.1 Å². The van der Waals surface area contributed by atoms with Crippen LogP contribution in [0.2, 0.25) is 0 Å². The molecule has 2 aromatic rings. The van der Waals surface area contributed by atoms with Crippen LogP contribution >= 0.6 is 0 Å². The molecule has 0 bridgehead atoms. The zero-order valence-electron chi connectivity index (χ0n) is 15.9. The number of amides is 1. The van der Waals surface area contributed by atoms with Gasteiger partial charge in [0, 0.05) is 23.5 Å². The number of aromatic hydroxyl groups is 1. The molecule has 1 aromatic heterocycles. The van der Waals surface area contributed by atoms with Crippen molar-refractivity contribution in [3.8, 4) is 16.9 Å². The van der Waals surface area contributed by atoms with Gasteiger partial charge in [0.05, 0.1) is 5.56 Å². The average molecular weight is 354 g/mol. The third-order valence-corrected chi connectivity index (χ3v) is 5.66. The first-order valence-corrected chi connectivity index (χ1v) is 9.84. The van der Waals surface area contributed by atoms with Gasteiger partial charge in [-0.2, -0.15) is 0 Å². The number of phenolic OH excluding ortho intramolecular Hbond substituents is 1. The maximum atomic E-state index is 12.3. The van der Waals surface area contributed by atoms with E-state index in [1.165, 1.54) is 37.8 Å². The lowest BCUT2D eigenvalue weighted by molar-refractivity contribution is 0.1000. The van der Waals surface area contributed by atoms with Crippen LogP contribution in [0, 0.1) is 12.8 Å². The van der Waals surface area contributed by atoms with Gasteiger partial charge in [-0.05, 0) is 49.8 Å². The van der Waals surface area contributed by atoms with E-state index >= 15 is 0 Å². The quantitative estimate of drug-likeness (QED) is 0.782.